The average Bonchev–Trinajstić information content (AvgIpc) is 2.40. The highest BCUT2D eigenvalue weighted by atomic mass is 19.1. The van der Waals surface area contributed by atoms with Gasteiger partial charge < -0.3 is 9.64 Å². The van der Waals surface area contributed by atoms with Crippen LogP contribution in [0.4, 0.5) is 4.39 Å². The van der Waals surface area contributed by atoms with Crippen LogP contribution < -0.4 is 0 Å². The molecule has 0 aromatic heterocycles. The first-order valence-electron chi connectivity index (χ1n) is 6.64. The maximum atomic E-state index is 13.2. The Morgan fingerprint density at radius 2 is 2.16 bits per heavy atom. The van der Waals surface area contributed by atoms with Gasteiger partial charge in [0.05, 0.1) is 11.6 Å². The fourth-order valence-corrected chi connectivity index (χ4v) is 2.53. The van der Waals surface area contributed by atoms with Crippen LogP contribution in [0.2, 0.25) is 0 Å². The molecule has 1 aromatic rings. The van der Waals surface area contributed by atoms with E-state index in [-0.39, 0.29) is 5.82 Å². The van der Waals surface area contributed by atoms with E-state index in [2.05, 4.69) is 11.0 Å². The molecule has 1 heterocycles. The monoisotopic (exact) mass is 262 g/mol. The summed E-state index contributed by atoms with van der Waals surface area (Å²) in [6.45, 7) is 3.24. The molecular weight excluding hydrogens is 243 g/mol. The van der Waals surface area contributed by atoms with E-state index in [0.717, 1.165) is 38.2 Å². The average molecular weight is 262 g/mol. The summed E-state index contributed by atoms with van der Waals surface area (Å²) < 4.78 is 18.6. The van der Waals surface area contributed by atoms with E-state index in [0.29, 0.717) is 18.0 Å². The Balaban J connectivity index is 1.96. The predicted molar refractivity (Wildman–Crippen MR) is 71.0 cm³/mol. The van der Waals surface area contributed by atoms with E-state index in [1.807, 2.05) is 7.05 Å². The molecule has 3 nitrogen and oxygen atoms in total. The van der Waals surface area contributed by atoms with Crippen LogP contribution in [0.25, 0.3) is 0 Å². The van der Waals surface area contributed by atoms with Crippen molar-refractivity contribution >= 4 is 0 Å². The highest BCUT2D eigenvalue weighted by Crippen LogP contribution is 2.18. The molecule has 4 heteroatoms. The van der Waals surface area contributed by atoms with Crippen molar-refractivity contribution in [1.29, 1.82) is 5.26 Å². The summed E-state index contributed by atoms with van der Waals surface area (Å²) in [6, 6.07) is 6.46. The summed E-state index contributed by atoms with van der Waals surface area (Å²) in [6.07, 6.45) is 2.16. The van der Waals surface area contributed by atoms with E-state index in [9.17, 15) is 4.39 Å². The number of halogens is 1. The Morgan fingerprint density at radius 3 is 2.84 bits per heavy atom. The van der Waals surface area contributed by atoms with Crippen LogP contribution in [0.5, 0.6) is 0 Å². The third kappa shape index (κ3) is 4.02. The van der Waals surface area contributed by atoms with Gasteiger partial charge in [0.15, 0.2) is 0 Å². The lowest BCUT2D eigenvalue weighted by molar-refractivity contribution is 0.0549. The SMILES string of the molecule is CN(Cc1cc(F)ccc1C#N)CC1CCOCC1. The third-order valence-corrected chi connectivity index (χ3v) is 3.54. The predicted octanol–water partition coefficient (Wildman–Crippen LogP) is 2.56. The van der Waals surface area contributed by atoms with Gasteiger partial charge >= 0.3 is 0 Å². The number of nitrogens with zero attached hydrogens (tertiary/aromatic N) is 2. The minimum Gasteiger partial charge on any atom is -0.381 e. The minimum atomic E-state index is -0.284. The van der Waals surface area contributed by atoms with Crippen LogP contribution >= 0.6 is 0 Å². The van der Waals surface area contributed by atoms with Gasteiger partial charge in [-0.25, -0.2) is 4.39 Å². The van der Waals surface area contributed by atoms with Gasteiger partial charge in [-0.05, 0) is 49.6 Å². The lowest BCUT2D eigenvalue weighted by Gasteiger charge is -2.27. The zero-order valence-corrected chi connectivity index (χ0v) is 11.2. The van der Waals surface area contributed by atoms with Gasteiger partial charge in [0, 0.05) is 26.3 Å². The minimum absolute atomic E-state index is 0.284. The van der Waals surface area contributed by atoms with Crippen molar-refractivity contribution in [2.24, 2.45) is 5.92 Å². The van der Waals surface area contributed by atoms with Gasteiger partial charge in [-0.3, -0.25) is 0 Å². The molecule has 2 rings (SSSR count). The molecule has 0 N–H and O–H groups in total. The van der Waals surface area contributed by atoms with E-state index < -0.39 is 0 Å². The first-order chi connectivity index (χ1) is 9.19. The summed E-state index contributed by atoms with van der Waals surface area (Å²) >= 11 is 0. The summed E-state index contributed by atoms with van der Waals surface area (Å²) in [5, 5.41) is 9.04. The summed E-state index contributed by atoms with van der Waals surface area (Å²) in [5.74, 6) is 0.353. The van der Waals surface area contributed by atoms with Crippen LogP contribution in [0.3, 0.4) is 0 Å². The Kier molecular flexibility index (Phi) is 4.89. The number of hydrogen-bond acceptors (Lipinski definition) is 3. The first kappa shape index (κ1) is 14.0. The van der Waals surface area contributed by atoms with Crippen LogP contribution in [0.1, 0.15) is 24.0 Å². The number of hydrogen-bond donors (Lipinski definition) is 0. The Bertz CT molecular complexity index is 464. The normalized spacial score (nSPS) is 16.5. The van der Waals surface area contributed by atoms with Crippen LogP contribution in [0.15, 0.2) is 18.2 Å². The van der Waals surface area contributed by atoms with Crippen molar-refractivity contribution in [1.82, 2.24) is 4.90 Å². The highest BCUT2D eigenvalue weighted by molar-refractivity contribution is 5.37. The molecule has 1 fully saturated rings. The van der Waals surface area contributed by atoms with Crippen LogP contribution in [-0.4, -0.2) is 31.7 Å². The molecule has 1 aliphatic rings. The quantitative estimate of drug-likeness (QED) is 0.836. The van der Waals surface area contributed by atoms with Crippen molar-refractivity contribution in [2.75, 3.05) is 26.8 Å². The van der Waals surface area contributed by atoms with E-state index in [4.69, 9.17) is 10.00 Å². The lowest BCUT2D eigenvalue weighted by atomic mass is 9.99. The van der Waals surface area contributed by atoms with Crippen molar-refractivity contribution in [2.45, 2.75) is 19.4 Å². The van der Waals surface area contributed by atoms with Gasteiger partial charge in [0.2, 0.25) is 0 Å². The maximum Gasteiger partial charge on any atom is 0.123 e. The Hall–Kier alpha value is -1.44. The molecular formula is C15H19FN2O. The van der Waals surface area contributed by atoms with Crippen molar-refractivity contribution in [3.8, 4) is 6.07 Å². The molecule has 102 valence electrons. The zero-order valence-electron chi connectivity index (χ0n) is 11.2. The van der Waals surface area contributed by atoms with Crippen LogP contribution in [0, 0.1) is 23.1 Å². The Labute approximate surface area is 113 Å². The van der Waals surface area contributed by atoms with E-state index in [1.54, 1.807) is 6.07 Å². The second kappa shape index (κ2) is 6.65. The molecule has 1 saturated heterocycles. The highest BCUT2D eigenvalue weighted by Gasteiger charge is 2.16. The van der Waals surface area contributed by atoms with Gasteiger partial charge in [-0.15, -0.1) is 0 Å². The topological polar surface area (TPSA) is 36.3 Å². The summed E-state index contributed by atoms with van der Waals surface area (Å²) in [5.41, 5.74) is 1.32. The zero-order chi connectivity index (χ0) is 13.7. The van der Waals surface area contributed by atoms with Gasteiger partial charge in [-0.1, -0.05) is 0 Å². The Morgan fingerprint density at radius 1 is 1.42 bits per heavy atom. The standard InChI is InChI=1S/C15H19FN2O/c1-18(10-12-4-6-19-7-5-12)11-14-8-15(16)3-2-13(14)9-17/h2-3,8,12H,4-7,10-11H2,1H3. The molecule has 0 spiro atoms. The second-order valence-corrected chi connectivity index (χ2v) is 5.17. The van der Waals surface area contributed by atoms with E-state index >= 15 is 0 Å². The van der Waals surface area contributed by atoms with Crippen LogP contribution in [-0.2, 0) is 11.3 Å². The maximum absolute atomic E-state index is 13.2. The summed E-state index contributed by atoms with van der Waals surface area (Å²) in [4.78, 5) is 2.16. The molecule has 0 amide bonds. The molecule has 0 bridgehead atoms. The second-order valence-electron chi connectivity index (χ2n) is 5.17. The largest absolute Gasteiger partial charge is 0.381 e. The fourth-order valence-electron chi connectivity index (χ4n) is 2.53. The first-order valence-corrected chi connectivity index (χ1v) is 6.64. The van der Waals surface area contributed by atoms with Gasteiger partial charge in [0.1, 0.15) is 5.82 Å². The van der Waals surface area contributed by atoms with Crippen molar-refractivity contribution in [3.63, 3.8) is 0 Å². The van der Waals surface area contributed by atoms with Crippen molar-refractivity contribution in [3.05, 3.63) is 35.1 Å². The number of rotatable bonds is 4. The lowest BCUT2D eigenvalue weighted by Crippen LogP contribution is -2.29. The molecule has 0 aliphatic carbocycles. The number of benzene rings is 1. The van der Waals surface area contributed by atoms with E-state index in [1.165, 1.54) is 12.1 Å². The fraction of sp³-hybridized carbons (Fsp3) is 0.533. The molecule has 0 saturated carbocycles. The third-order valence-electron chi connectivity index (χ3n) is 3.54. The molecule has 19 heavy (non-hydrogen) atoms. The smallest absolute Gasteiger partial charge is 0.123 e. The number of nitriles is 1. The molecule has 0 atom stereocenters. The van der Waals surface area contributed by atoms with Gasteiger partial charge in [0.25, 0.3) is 0 Å². The molecule has 1 aliphatic heterocycles. The number of ether oxygens (including phenoxy) is 1. The molecule has 1 aromatic carbocycles. The summed E-state index contributed by atoms with van der Waals surface area (Å²) in [7, 11) is 2.02. The molecule has 0 radical (unpaired) electrons. The molecule has 0 unspecified atom stereocenters. The van der Waals surface area contributed by atoms with Gasteiger partial charge in [-0.2, -0.15) is 5.26 Å². The van der Waals surface area contributed by atoms with Crippen molar-refractivity contribution < 1.29 is 9.13 Å².